The molecule has 7 aromatic carbocycles. The summed E-state index contributed by atoms with van der Waals surface area (Å²) in [6, 6.07) is 54.5. The number of rotatable bonds is 6. The number of hydrogen-bond donors (Lipinski definition) is 0. The predicted octanol–water partition coefficient (Wildman–Crippen LogP) is 12.7. The average molecular weight is 713 g/mol. The van der Waals surface area contributed by atoms with Crippen molar-refractivity contribution in [2.45, 2.75) is 59.3 Å². The van der Waals surface area contributed by atoms with E-state index in [1.807, 2.05) is 12.1 Å². The molecule has 0 saturated heterocycles. The molecule has 8 aromatic rings. The van der Waals surface area contributed by atoms with Crippen molar-refractivity contribution in [3.8, 4) is 11.1 Å². The second-order valence-corrected chi connectivity index (χ2v) is 16.4. The number of hydrogen-bond acceptors (Lipinski definition) is 3. The molecule has 4 heteroatoms. The highest BCUT2D eigenvalue weighted by Gasteiger charge is 2.43. The van der Waals surface area contributed by atoms with Crippen LogP contribution in [0.5, 0.6) is 0 Å². The van der Waals surface area contributed by atoms with Crippen molar-refractivity contribution < 1.29 is 4.42 Å². The van der Waals surface area contributed by atoms with Crippen molar-refractivity contribution in [1.82, 2.24) is 0 Å². The number of anilines is 6. The standard InChI is InChI=1S/C51H45BN2O/c1-31(2)34-14-21-39(22-15-34)53-45-25-18-36(32(3)4)29-43(45)52-44-30-37(33(5)6)19-26-46(44)54(48-12-9-11-47(53)51(48)52)40-23-16-35(17-24-40)38-20-27-50-42(28-38)41-10-7-8-13-49(41)55-50/h7-33H,1-6H3. The number of benzene rings is 7. The monoisotopic (exact) mass is 712 g/mol. The van der Waals surface area contributed by atoms with Crippen LogP contribution in [0.2, 0.25) is 0 Å². The van der Waals surface area contributed by atoms with Crippen LogP contribution >= 0.6 is 0 Å². The van der Waals surface area contributed by atoms with Crippen LogP contribution in [0.1, 0.15) is 76.0 Å². The first-order chi connectivity index (χ1) is 26.7. The lowest BCUT2D eigenvalue weighted by atomic mass is 9.33. The van der Waals surface area contributed by atoms with Crippen LogP contribution in [0.3, 0.4) is 0 Å². The Kier molecular flexibility index (Phi) is 7.82. The molecule has 3 nitrogen and oxygen atoms in total. The van der Waals surface area contributed by atoms with E-state index in [1.165, 1.54) is 72.6 Å². The summed E-state index contributed by atoms with van der Waals surface area (Å²) in [5.41, 5.74) is 19.7. The molecule has 2 aliphatic heterocycles. The van der Waals surface area contributed by atoms with Crippen LogP contribution < -0.4 is 26.2 Å². The number of nitrogens with zero attached hydrogens (tertiary/aromatic N) is 2. The zero-order chi connectivity index (χ0) is 37.5. The van der Waals surface area contributed by atoms with Crippen LogP contribution in [-0.2, 0) is 0 Å². The Morgan fingerprint density at radius 2 is 0.927 bits per heavy atom. The Morgan fingerprint density at radius 1 is 0.418 bits per heavy atom. The molecule has 268 valence electrons. The molecule has 2 aliphatic rings. The lowest BCUT2D eigenvalue weighted by Crippen LogP contribution is -2.61. The molecular weight excluding hydrogens is 667 g/mol. The van der Waals surface area contributed by atoms with Gasteiger partial charge in [0, 0.05) is 44.9 Å². The van der Waals surface area contributed by atoms with Gasteiger partial charge in [0.05, 0.1) is 0 Å². The number of furan rings is 1. The van der Waals surface area contributed by atoms with Gasteiger partial charge in [-0.1, -0.05) is 120 Å². The van der Waals surface area contributed by atoms with Crippen LogP contribution in [0.25, 0.3) is 33.1 Å². The van der Waals surface area contributed by atoms with E-state index >= 15 is 0 Å². The molecule has 0 radical (unpaired) electrons. The van der Waals surface area contributed by atoms with Gasteiger partial charge in [-0.05, 0) is 129 Å². The SMILES string of the molecule is CC(C)c1ccc(N2c3ccc(C(C)C)cc3B3c4cc(C(C)C)ccc4N(c4ccc(-c5ccc6oc7ccccc7c6c5)cc4)c4cccc2c43)cc1. The molecule has 55 heavy (non-hydrogen) atoms. The number of fused-ring (bicyclic) bond motifs is 7. The van der Waals surface area contributed by atoms with E-state index in [-0.39, 0.29) is 6.71 Å². The van der Waals surface area contributed by atoms with E-state index in [2.05, 4.69) is 185 Å². The van der Waals surface area contributed by atoms with Gasteiger partial charge in [-0.3, -0.25) is 0 Å². The molecule has 0 unspecified atom stereocenters. The number of para-hydroxylation sites is 1. The second-order valence-electron chi connectivity index (χ2n) is 16.4. The van der Waals surface area contributed by atoms with E-state index in [0.717, 1.165) is 27.6 Å². The third kappa shape index (κ3) is 5.33. The van der Waals surface area contributed by atoms with E-state index in [0.29, 0.717) is 17.8 Å². The van der Waals surface area contributed by atoms with Gasteiger partial charge in [-0.25, -0.2) is 0 Å². The van der Waals surface area contributed by atoms with E-state index < -0.39 is 0 Å². The second kappa shape index (κ2) is 12.8. The molecular formula is C51H45BN2O. The Balaban J connectivity index is 1.16. The molecule has 3 heterocycles. The van der Waals surface area contributed by atoms with Gasteiger partial charge in [0.25, 0.3) is 6.71 Å². The van der Waals surface area contributed by atoms with Crippen LogP contribution in [0.4, 0.5) is 34.1 Å². The summed E-state index contributed by atoms with van der Waals surface area (Å²) in [5.74, 6) is 1.32. The fourth-order valence-corrected chi connectivity index (χ4v) is 8.97. The largest absolute Gasteiger partial charge is 0.456 e. The minimum Gasteiger partial charge on any atom is -0.456 e. The molecule has 0 amide bonds. The molecule has 0 bridgehead atoms. The van der Waals surface area contributed by atoms with Crippen molar-refractivity contribution in [1.29, 1.82) is 0 Å². The lowest BCUT2D eigenvalue weighted by Gasteiger charge is -2.44. The molecule has 10 rings (SSSR count). The lowest BCUT2D eigenvalue weighted by molar-refractivity contribution is 0.669. The Bertz CT molecular complexity index is 2760. The molecule has 0 N–H and O–H groups in total. The average Bonchev–Trinajstić information content (AvgIpc) is 3.58. The van der Waals surface area contributed by atoms with Crippen molar-refractivity contribution in [3.63, 3.8) is 0 Å². The molecule has 0 saturated carbocycles. The fraction of sp³-hybridized carbons (Fsp3) is 0.176. The van der Waals surface area contributed by atoms with Gasteiger partial charge in [-0.15, -0.1) is 0 Å². The Morgan fingerprint density at radius 3 is 1.51 bits per heavy atom. The van der Waals surface area contributed by atoms with Gasteiger partial charge >= 0.3 is 0 Å². The van der Waals surface area contributed by atoms with Crippen molar-refractivity contribution >= 4 is 79.2 Å². The quantitative estimate of drug-likeness (QED) is 0.160. The third-order valence-electron chi connectivity index (χ3n) is 12.0. The zero-order valence-electron chi connectivity index (χ0n) is 32.5. The first-order valence-electron chi connectivity index (χ1n) is 19.9. The summed E-state index contributed by atoms with van der Waals surface area (Å²) < 4.78 is 6.14. The molecule has 0 aliphatic carbocycles. The summed E-state index contributed by atoms with van der Waals surface area (Å²) in [6.07, 6.45) is 0. The minimum atomic E-state index is 0.104. The highest BCUT2D eigenvalue weighted by atomic mass is 16.3. The first-order valence-corrected chi connectivity index (χ1v) is 19.9. The Hall–Kier alpha value is -6.00. The zero-order valence-corrected chi connectivity index (χ0v) is 32.5. The minimum absolute atomic E-state index is 0.104. The maximum Gasteiger partial charge on any atom is 0.252 e. The van der Waals surface area contributed by atoms with Gasteiger partial charge in [0.1, 0.15) is 11.2 Å². The van der Waals surface area contributed by atoms with E-state index in [4.69, 9.17) is 4.42 Å². The topological polar surface area (TPSA) is 19.6 Å². The predicted molar refractivity (Wildman–Crippen MR) is 235 cm³/mol. The van der Waals surface area contributed by atoms with Gasteiger partial charge < -0.3 is 14.2 Å². The molecule has 0 fully saturated rings. The summed E-state index contributed by atoms with van der Waals surface area (Å²) in [5, 5.41) is 2.30. The van der Waals surface area contributed by atoms with E-state index in [1.54, 1.807) is 0 Å². The highest BCUT2D eigenvalue weighted by Crippen LogP contribution is 2.45. The summed E-state index contributed by atoms with van der Waals surface area (Å²) in [4.78, 5) is 5.01. The van der Waals surface area contributed by atoms with Gasteiger partial charge in [-0.2, -0.15) is 0 Å². The molecule has 0 spiro atoms. The van der Waals surface area contributed by atoms with Crippen molar-refractivity contribution in [3.05, 3.63) is 162 Å². The summed E-state index contributed by atoms with van der Waals surface area (Å²) in [6.45, 7) is 13.8. The first kappa shape index (κ1) is 33.6. The fourth-order valence-electron chi connectivity index (χ4n) is 8.97. The Labute approximate surface area is 324 Å². The third-order valence-corrected chi connectivity index (χ3v) is 12.0. The summed E-state index contributed by atoms with van der Waals surface area (Å²) in [7, 11) is 0. The smallest absolute Gasteiger partial charge is 0.252 e. The van der Waals surface area contributed by atoms with Crippen LogP contribution in [0.15, 0.2) is 150 Å². The van der Waals surface area contributed by atoms with Crippen molar-refractivity contribution in [2.75, 3.05) is 9.80 Å². The van der Waals surface area contributed by atoms with Gasteiger partial charge in [0.2, 0.25) is 0 Å². The maximum atomic E-state index is 6.14. The van der Waals surface area contributed by atoms with E-state index in [9.17, 15) is 0 Å². The van der Waals surface area contributed by atoms with Gasteiger partial charge in [0.15, 0.2) is 0 Å². The normalized spacial score (nSPS) is 13.3. The highest BCUT2D eigenvalue weighted by molar-refractivity contribution is 7.00. The molecule has 1 aromatic heterocycles. The summed E-state index contributed by atoms with van der Waals surface area (Å²) >= 11 is 0. The van der Waals surface area contributed by atoms with Crippen LogP contribution in [0, 0.1) is 0 Å². The molecule has 0 atom stereocenters. The van der Waals surface area contributed by atoms with Crippen LogP contribution in [-0.4, -0.2) is 6.71 Å². The van der Waals surface area contributed by atoms with Crippen molar-refractivity contribution in [2.24, 2.45) is 0 Å². The maximum absolute atomic E-state index is 6.14.